The van der Waals surface area contributed by atoms with Crippen LogP contribution in [0.2, 0.25) is 18.1 Å². The molecule has 0 unspecified atom stereocenters. The lowest BCUT2D eigenvalue weighted by Gasteiger charge is -2.41. The summed E-state index contributed by atoms with van der Waals surface area (Å²) >= 11 is 0. The molecule has 1 aromatic carbocycles. The topological polar surface area (TPSA) is 27.7 Å². The standard InChI is InChI=1S/C29H52O3Si/c1-7-8-9-10-11-12-13-17-20-28(32-33(5,6)29(2,3)4)27-22-21-26(31-27)24-30-23-25-18-15-14-16-19-25/h14-16,18-19,26-28H,7-13,17,20-24H2,1-6H3/t26-,27+,28+/m0/s1. The van der Waals surface area contributed by atoms with Crippen LogP contribution in [0.15, 0.2) is 30.3 Å². The summed E-state index contributed by atoms with van der Waals surface area (Å²) in [5.74, 6) is 0. The second kappa shape index (κ2) is 14.7. The molecule has 1 aromatic rings. The minimum absolute atomic E-state index is 0.197. The number of rotatable bonds is 16. The molecule has 0 N–H and O–H groups in total. The molecule has 1 heterocycles. The number of hydrogen-bond acceptors (Lipinski definition) is 3. The third kappa shape index (κ3) is 10.6. The van der Waals surface area contributed by atoms with E-state index in [1.165, 1.54) is 56.9 Å². The maximum atomic E-state index is 6.94. The number of benzene rings is 1. The van der Waals surface area contributed by atoms with E-state index in [9.17, 15) is 0 Å². The first-order valence-electron chi connectivity index (χ1n) is 13.7. The normalized spacial score (nSPS) is 20.3. The van der Waals surface area contributed by atoms with Gasteiger partial charge in [-0.25, -0.2) is 0 Å². The van der Waals surface area contributed by atoms with Gasteiger partial charge in [0.25, 0.3) is 0 Å². The SMILES string of the molecule is CCCCCCCCCC[C@@H](O[Si](C)(C)C(C)(C)C)[C@H]1CC[C@@H](COCc2ccccc2)O1. The van der Waals surface area contributed by atoms with Crippen molar-refractivity contribution in [3.63, 3.8) is 0 Å². The third-order valence-electron chi connectivity index (χ3n) is 7.56. The second-order valence-corrected chi connectivity index (χ2v) is 16.3. The Balaban J connectivity index is 1.80. The van der Waals surface area contributed by atoms with E-state index in [2.05, 4.69) is 65.1 Å². The molecule has 0 spiro atoms. The van der Waals surface area contributed by atoms with Crippen LogP contribution in [0.4, 0.5) is 0 Å². The van der Waals surface area contributed by atoms with Gasteiger partial charge >= 0.3 is 0 Å². The van der Waals surface area contributed by atoms with Gasteiger partial charge in [-0.3, -0.25) is 0 Å². The predicted molar refractivity (Wildman–Crippen MR) is 143 cm³/mol. The molecule has 33 heavy (non-hydrogen) atoms. The molecule has 1 aliphatic rings. The van der Waals surface area contributed by atoms with Crippen LogP contribution in [-0.4, -0.2) is 33.2 Å². The molecule has 3 atom stereocenters. The minimum Gasteiger partial charge on any atom is -0.411 e. The number of unbranched alkanes of at least 4 members (excludes halogenated alkanes) is 7. The Morgan fingerprint density at radius 2 is 1.58 bits per heavy atom. The molecule has 2 rings (SSSR count). The maximum Gasteiger partial charge on any atom is 0.192 e. The average Bonchev–Trinajstić information content (AvgIpc) is 3.23. The zero-order chi connectivity index (χ0) is 24.2. The van der Waals surface area contributed by atoms with Crippen LogP contribution in [0.3, 0.4) is 0 Å². The Morgan fingerprint density at radius 1 is 0.939 bits per heavy atom. The lowest BCUT2D eigenvalue weighted by molar-refractivity contribution is -0.0612. The molecule has 0 radical (unpaired) electrons. The van der Waals surface area contributed by atoms with Crippen LogP contribution in [-0.2, 0) is 20.5 Å². The quantitative estimate of drug-likeness (QED) is 0.176. The molecule has 1 fully saturated rings. The van der Waals surface area contributed by atoms with Crippen molar-refractivity contribution in [3.8, 4) is 0 Å². The van der Waals surface area contributed by atoms with Gasteiger partial charge in [0, 0.05) is 0 Å². The van der Waals surface area contributed by atoms with E-state index in [1.54, 1.807) is 0 Å². The number of ether oxygens (including phenoxy) is 2. The Hall–Kier alpha value is -0.683. The highest BCUT2D eigenvalue weighted by Crippen LogP contribution is 2.39. The second-order valence-electron chi connectivity index (χ2n) is 11.6. The van der Waals surface area contributed by atoms with Crippen LogP contribution < -0.4 is 0 Å². The molecule has 190 valence electrons. The molecule has 3 nitrogen and oxygen atoms in total. The molecular formula is C29H52O3Si. The molecule has 4 heteroatoms. The van der Waals surface area contributed by atoms with Crippen LogP contribution >= 0.6 is 0 Å². The summed E-state index contributed by atoms with van der Waals surface area (Å²) in [4.78, 5) is 0. The largest absolute Gasteiger partial charge is 0.411 e. The van der Waals surface area contributed by atoms with Gasteiger partial charge in [0.1, 0.15) is 0 Å². The molecule has 0 aromatic heterocycles. The Labute approximate surface area is 206 Å². The average molecular weight is 477 g/mol. The highest BCUT2D eigenvalue weighted by molar-refractivity contribution is 6.74. The molecular weight excluding hydrogens is 424 g/mol. The minimum atomic E-state index is -1.83. The van der Waals surface area contributed by atoms with E-state index < -0.39 is 8.32 Å². The van der Waals surface area contributed by atoms with Crippen molar-refractivity contribution in [2.45, 2.75) is 141 Å². The Bertz CT molecular complexity index is 626. The van der Waals surface area contributed by atoms with Gasteiger partial charge < -0.3 is 13.9 Å². The first kappa shape index (κ1) is 28.6. The molecule has 1 aliphatic heterocycles. The van der Waals surface area contributed by atoms with E-state index in [4.69, 9.17) is 13.9 Å². The Morgan fingerprint density at radius 3 is 2.21 bits per heavy atom. The van der Waals surface area contributed by atoms with Gasteiger partial charge in [-0.05, 0) is 43.0 Å². The highest BCUT2D eigenvalue weighted by atomic mass is 28.4. The molecule has 0 bridgehead atoms. The van der Waals surface area contributed by atoms with Crippen molar-refractivity contribution in [2.24, 2.45) is 0 Å². The van der Waals surface area contributed by atoms with E-state index in [-0.39, 0.29) is 23.4 Å². The van der Waals surface area contributed by atoms with Crippen LogP contribution in [0.1, 0.15) is 104 Å². The summed E-state index contributed by atoms with van der Waals surface area (Å²) < 4.78 is 19.4. The van der Waals surface area contributed by atoms with E-state index >= 15 is 0 Å². The van der Waals surface area contributed by atoms with Crippen molar-refractivity contribution in [1.82, 2.24) is 0 Å². The first-order valence-corrected chi connectivity index (χ1v) is 16.6. The molecule has 1 saturated heterocycles. The summed E-state index contributed by atoms with van der Waals surface area (Å²) in [6.45, 7) is 15.4. The molecule has 0 aliphatic carbocycles. The van der Waals surface area contributed by atoms with Gasteiger partial charge in [-0.2, -0.15) is 0 Å². The van der Waals surface area contributed by atoms with Crippen molar-refractivity contribution in [1.29, 1.82) is 0 Å². The highest BCUT2D eigenvalue weighted by Gasteiger charge is 2.42. The van der Waals surface area contributed by atoms with Gasteiger partial charge in [0.2, 0.25) is 0 Å². The first-order chi connectivity index (χ1) is 15.7. The predicted octanol–water partition coefficient (Wildman–Crippen LogP) is 8.67. The fourth-order valence-corrected chi connectivity index (χ4v) is 5.75. The molecule has 0 saturated carbocycles. The summed E-state index contributed by atoms with van der Waals surface area (Å²) in [5, 5.41) is 0.224. The van der Waals surface area contributed by atoms with Gasteiger partial charge in [0.15, 0.2) is 8.32 Å². The fraction of sp³-hybridized carbons (Fsp3) is 0.793. The zero-order valence-electron chi connectivity index (χ0n) is 22.5. The summed E-state index contributed by atoms with van der Waals surface area (Å²) in [7, 11) is -1.83. The van der Waals surface area contributed by atoms with Gasteiger partial charge in [-0.15, -0.1) is 0 Å². The number of hydrogen-bond donors (Lipinski definition) is 0. The van der Waals surface area contributed by atoms with Crippen molar-refractivity contribution in [3.05, 3.63) is 35.9 Å². The van der Waals surface area contributed by atoms with E-state index in [0.717, 1.165) is 19.3 Å². The lowest BCUT2D eigenvalue weighted by atomic mass is 10.0. The van der Waals surface area contributed by atoms with Crippen molar-refractivity contribution >= 4 is 8.32 Å². The summed E-state index contributed by atoms with van der Waals surface area (Å²) in [5.41, 5.74) is 1.22. The Kier molecular flexibility index (Phi) is 12.7. The fourth-order valence-electron chi connectivity index (χ4n) is 4.37. The van der Waals surface area contributed by atoms with Crippen molar-refractivity contribution < 1.29 is 13.9 Å². The van der Waals surface area contributed by atoms with Crippen LogP contribution in [0.25, 0.3) is 0 Å². The summed E-state index contributed by atoms with van der Waals surface area (Å²) in [6, 6.07) is 10.4. The zero-order valence-corrected chi connectivity index (χ0v) is 23.5. The smallest absolute Gasteiger partial charge is 0.192 e. The maximum absolute atomic E-state index is 6.94. The van der Waals surface area contributed by atoms with Crippen LogP contribution in [0.5, 0.6) is 0 Å². The van der Waals surface area contributed by atoms with Gasteiger partial charge in [-0.1, -0.05) is 109 Å². The lowest BCUT2D eigenvalue weighted by Crippen LogP contribution is -2.47. The van der Waals surface area contributed by atoms with Crippen LogP contribution in [0, 0.1) is 0 Å². The van der Waals surface area contributed by atoms with Crippen molar-refractivity contribution in [2.75, 3.05) is 6.61 Å². The monoisotopic (exact) mass is 476 g/mol. The van der Waals surface area contributed by atoms with E-state index in [0.29, 0.717) is 13.2 Å². The molecule has 0 amide bonds. The third-order valence-corrected chi connectivity index (χ3v) is 12.1. The van der Waals surface area contributed by atoms with E-state index in [1.807, 2.05) is 6.07 Å². The summed E-state index contributed by atoms with van der Waals surface area (Å²) in [6.07, 6.45) is 14.8. The van der Waals surface area contributed by atoms with Gasteiger partial charge in [0.05, 0.1) is 31.5 Å².